The minimum absolute atomic E-state index is 0.177. The van der Waals surface area contributed by atoms with Gasteiger partial charge in [0.15, 0.2) is 0 Å². The molecule has 140 valence electrons. The number of rotatable bonds is 4. The Kier molecular flexibility index (Phi) is 5.68. The predicted octanol–water partition coefficient (Wildman–Crippen LogP) is 4.59. The second-order valence-corrected chi connectivity index (χ2v) is 8.25. The van der Waals surface area contributed by atoms with Crippen LogP contribution in [0.15, 0.2) is 34.9 Å². The molecule has 6 heteroatoms. The molecule has 5 nitrogen and oxygen atoms in total. The van der Waals surface area contributed by atoms with Crippen LogP contribution in [-0.4, -0.2) is 28.6 Å². The van der Waals surface area contributed by atoms with Crippen LogP contribution in [0.3, 0.4) is 0 Å². The molecular formula is C20H25ClN2O3. The van der Waals surface area contributed by atoms with Gasteiger partial charge in [-0.15, -0.1) is 0 Å². The number of carbonyl (C=O) groups excluding carboxylic acids is 1. The fraction of sp³-hybridized carbons (Fsp3) is 0.500. The zero-order valence-corrected chi connectivity index (χ0v) is 16.3. The van der Waals surface area contributed by atoms with E-state index in [9.17, 15) is 4.79 Å². The molecular weight excluding hydrogens is 352 g/mol. The van der Waals surface area contributed by atoms with E-state index in [1.165, 1.54) is 0 Å². The molecule has 0 amide bonds. The first-order chi connectivity index (χ1) is 12.3. The van der Waals surface area contributed by atoms with Gasteiger partial charge in [0, 0.05) is 23.0 Å². The Morgan fingerprint density at radius 2 is 2.04 bits per heavy atom. The maximum atomic E-state index is 12.7. The number of aromatic nitrogens is 1. The first-order valence-corrected chi connectivity index (χ1v) is 9.38. The minimum atomic E-state index is -0.271. The van der Waals surface area contributed by atoms with Crippen LogP contribution in [0.5, 0.6) is 5.88 Å². The van der Waals surface area contributed by atoms with E-state index in [1.807, 2.05) is 45.0 Å². The average Bonchev–Trinajstić information content (AvgIpc) is 3.06. The van der Waals surface area contributed by atoms with Crippen LogP contribution in [-0.2, 0) is 16.8 Å². The van der Waals surface area contributed by atoms with Gasteiger partial charge in [0.05, 0.1) is 0 Å². The zero-order chi connectivity index (χ0) is 18.7. The minimum Gasteiger partial charge on any atom is -0.403 e. The smallest absolute Gasteiger partial charge is 0.330 e. The lowest BCUT2D eigenvalue weighted by Gasteiger charge is -2.33. The molecule has 2 aromatic rings. The second kappa shape index (κ2) is 7.80. The molecule has 1 aromatic heterocycles. The van der Waals surface area contributed by atoms with Crippen LogP contribution in [0.2, 0.25) is 5.02 Å². The molecule has 2 heterocycles. The fourth-order valence-electron chi connectivity index (χ4n) is 3.10. The van der Waals surface area contributed by atoms with Crippen LogP contribution in [0.25, 0.3) is 0 Å². The number of benzene rings is 1. The summed E-state index contributed by atoms with van der Waals surface area (Å²) in [5, 5.41) is 4.60. The van der Waals surface area contributed by atoms with Gasteiger partial charge in [0.2, 0.25) is 0 Å². The molecule has 0 aliphatic carbocycles. The summed E-state index contributed by atoms with van der Waals surface area (Å²) in [7, 11) is 0. The summed E-state index contributed by atoms with van der Waals surface area (Å²) < 4.78 is 10.8. The molecule has 1 aromatic carbocycles. The van der Waals surface area contributed by atoms with E-state index < -0.39 is 0 Å². The average molecular weight is 377 g/mol. The monoisotopic (exact) mass is 376 g/mol. The normalized spacial score (nSPS) is 18.7. The maximum absolute atomic E-state index is 12.7. The number of carbonyl (C=O) groups is 1. The van der Waals surface area contributed by atoms with Crippen molar-refractivity contribution < 1.29 is 14.1 Å². The van der Waals surface area contributed by atoms with Crippen LogP contribution in [0.1, 0.15) is 51.4 Å². The van der Waals surface area contributed by atoms with Crippen molar-refractivity contribution in [2.45, 2.75) is 58.0 Å². The third-order valence-electron chi connectivity index (χ3n) is 4.62. The number of likely N-dealkylation sites (tertiary alicyclic amines) is 1. The van der Waals surface area contributed by atoms with Crippen LogP contribution in [0, 0.1) is 0 Å². The molecule has 0 N–H and O–H groups in total. The van der Waals surface area contributed by atoms with Crippen molar-refractivity contribution in [3.05, 3.63) is 46.7 Å². The quantitative estimate of drug-likeness (QED) is 0.730. The van der Waals surface area contributed by atoms with Gasteiger partial charge in [-0.25, -0.2) is 4.79 Å². The van der Waals surface area contributed by atoms with Crippen molar-refractivity contribution in [3.63, 3.8) is 0 Å². The van der Waals surface area contributed by atoms with Crippen molar-refractivity contribution in [2.24, 2.45) is 0 Å². The Morgan fingerprint density at radius 3 is 2.69 bits per heavy atom. The largest absolute Gasteiger partial charge is 0.403 e. The van der Waals surface area contributed by atoms with Gasteiger partial charge in [-0.2, -0.15) is 0 Å². The Hall–Kier alpha value is -1.85. The summed E-state index contributed by atoms with van der Waals surface area (Å²) in [5.74, 6) is 0.659. The first-order valence-electron chi connectivity index (χ1n) is 9.00. The Morgan fingerprint density at radius 1 is 1.31 bits per heavy atom. The highest BCUT2D eigenvalue weighted by Crippen LogP contribution is 2.27. The molecule has 1 unspecified atom stereocenters. The molecule has 1 aliphatic heterocycles. The summed E-state index contributed by atoms with van der Waals surface area (Å²) >= 11 is 5.95. The number of halogens is 1. The van der Waals surface area contributed by atoms with E-state index in [-0.39, 0.29) is 23.3 Å². The topological polar surface area (TPSA) is 55.6 Å². The van der Waals surface area contributed by atoms with Crippen LogP contribution < -0.4 is 4.74 Å². The summed E-state index contributed by atoms with van der Waals surface area (Å²) in [6, 6.07) is 9.16. The first kappa shape index (κ1) is 18.9. The van der Waals surface area contributed by atoms with Gasteiger partial charge in [-0.05, 0) is 42.2 Å². The highest BCUT2D eigenvalue weighted by Gasteiger charge is 2.31. The van der Waals surface area contributed by atoms with Gasteiger partial charge < -0.3 is 9.26 Å². The van der Waals surface area contributed by atoms with Crippen molar-refractivity contribution in [3.8, 4) is 5.88 Å². The number of hydrogen-bond acceptors (Lipinski definition) is 5. The number of ether oxygens (including phenoxy) is 1. The lowest BCUT2D eigenvalue weighted by molar-refractivity contribution is -0.142. The highest BCUT2D eigenvalue weighted by atomic mass is 35.5. The van der Waals surface area contributed by atoms with Crippen molar-refractivity contribution in [1.29, 1.82) is 0 Å². The van der Waals surface area contributed by atoms with Crippen molar-refractivity contribution >= 4 is 17.6 Å². The zero-order valence-electron chi connectivity index (χ0n) is 15.5. The van der Waals surface area contributed by atoms with E-state index in [0.29, 0.717) is 17.3 Å². The highest BCUT2D eigenvalue weighted by molar-refractivity contribution is 6.30. The lowest BCUT2D eigenvalue weighted by atomic mass is 9.94. The van der Waals surface area contributed by atoms with Crippen LogP contribution >= 0.6 is 11.6 Å². The van der Waals surface area contributed by atoms with Gasteiger partial charge >= 0.3 is 5.97 Å². The van der Waals surface area contributed by atoms with Gasteiger partial charge in [0.1, 0.15) is 11.8 Å². The Balaban J connectivity index is 1.67. The molecule has 1 saturated heterocycles. The third-order valence-corrected chi connectivity index (χ3v) is 4.87. The summed E-state index contributed by atoms with van der Waals surface area (Å²) in [4.78, 5) is 14.9. The molecule has 0 saturated carbocycles. The summed E-state index contributed by atoms with van der Waals surface area (Å²) in [6.07, 6.45) is 2.88. The molecule has 0 bridgehead atoms. The van der Waals surface area contributed by atoms with E-state index >= 15 is 0 Å². The van der Waals surface area contributed by atoms with E-state index in [4.69, 9.17) is 20.9 Å². The van der Waals surface area contributed by atoms with E-state index in [1.54, 1.807) is 6.07 Å². The van der Waals surface area contributed by atoms with Gasteiger partial charge in [-0.1, -0.05) is 50.9 Å². The molecule has 1 atom stereocenters. The van der Waals surface area contributed by atoms with Gasteiger partial charge in [0.25, 0.3) is 5.88 Å². The van der Waals surface area contributed by atoms with E-state index in [2.05, 4.69) is 10.1 Å². The molecule has 26 heavy (non-hydrogen) atoms. The molecule has 0 radical (unpaired) electrons. The standard InChI is InChI=1S/C20H25ClN2O3/c1-20(2,3)17-12-18(22-26-17)25-19(24)16-6-4-5-11-23(16)13-14-7-9-15(21)10-8-14/h7-10,12,16H,4-6,11,13H2,1-3H3. The van der Waals surface area contributed by atoms with Crippen molar-refractivity contribution in [2.75, 3.05) is 6.54 Å². The number of piperidine rings is 1. The molecule has 3 rings (SSSR count). The number of esters is 1. The summed E-state index contributed by atoms with van der Waals surface area (Å²) in [6.45, 7) is 7.63. The number of hydrogen-bond donors (Lipinski definition) is 0. The summed E-state index contributed by atoms with van der Waals surface area (Å²) in [5.41, 5.74) is 0.953. The SMILES string of the molecule is CC(C)(C)c1cc(OC(=O)C2CCCCN2Cc2ccc(Cl)cc2)no1. The maximum Gasteiger partial charge on any atom is 0.330 e. The fourth-order valence-corrected chi connectivity index (χ4v) is 3.23. The second-order valence-electron chi connectivity index (χ2n) is 7.81. The molecule has 1 aliphatic rings. The van der Waals surface area contributed by atoms with Gasteiger partial charge in [-0.3, -0.25) is 4.90 Å². The Labute approximate surface area is 159 Å². The molecule has 1 fully saturated rings. The third kappa shape index (κ3) is 4.65. The van der Waals surface area contributed by atoms with Crippen molar-refractivity contribution in [1.82, 2.24) is 10.1 Å². The number of nitrogens with zero attached hydrogens (tertiary/aromatic N) is 2. The van der Waals surface area contributed by atoms with E-state index in [0.717, 1.165) is 31.4 Å². The lowest BCUT2D eigenvalue weighted by Crippen LogP contribution is -2.45. The Bertz CT molecular complexity index is 749. The van der Waals surface area contributed by atoms with Crippen LogP contribution in [0.4, 0.5) is 0 Å². The molecule has 0 spiro atoms. The predicted molar refractivity (Wildman–Crippen MR) is 100 cm³/mol.